The van der Waals surface area contributed by atoms with Crippen LogP contribution in [0.1, 0.15) is 29.7 Å². The van der Waals surface area contributed by atoms with E-state index in [4.69, 9.17) is 0 Å². The summed E-state index contributed by atoms with van der Waals surface area (Å²) in [5.74, 6) is 0. The Labute approximate surface area is 122 Å². The van der Waals surface area contributed by atoms with Crippen LogP contribution >= 0.6 is 0 Å². The standard InChI is InChI=1S/C16H17F3N2/c1-2-21-15(10-12-6-5-9-20-11-12)13-7-3-4-8-14(13)16(17,18)19/h3-9,11,15,21H,2,10H2,1H3. The molecule has 0 radical (unpaired) electrons. The number of aromatic nitrogens is 1. The highest BCUT2D eigenvalue weighted by atomic mass is 19.4. The number of pyridine rings is 1. The van der Waals surface area contributed by atoms with Crippen LogP contribution in [0.15, 0.2) is 48.8 Å². The summed E-state index contributed by atoms with van der Waals surface area (Å²) in [6.07, 6.45) is -0.552. The summed E-state index contributed by atoms with van der Waals surface area (Å²) >= 11 is 0. The molecule has 21 heavy (non-hydrogen) atoms. The van der Waals surface area contributed by atoms with Gasteiger partial charge in [-0.25, -0.2) is 0 Å². The van der Waals surface area contributed by atoms with Crippen molar-refractivity contribution in [3.63, 3.8) is 0 Å². The van der Waals surface area contributed by atoms with Crippen LogP contribution in [-0.2, 0) is 12.6 Å². The largest absolute Gasteiger partial charge is 0.416 e. The molecule has 0 saturated heterocycles. The Morgan fingerprint density at radius 1 is 1.14 bits per heavy atom. The van der Waals surface area contributed by atoms with E-state index in [1.807, 2.05) is 13.0 Å². The van der Waals surface area contributed by atoms with E-state index in [1.165, 1.54) is 12.1 Å². The average Bonchev–Trinajstić information content (AvgIpc) is 2.47. The number of hydrogen-bond acceptors (Lipinski definition) is 2. The van der Waals surface area contributed by atoms with Crippen LogP contribution in [0.4, 0.5) is 13.2 Å². The topological polar surface area (TPSA) is 24.9 Å². The molecule has 2 rings (SSSR count). The molecule has 2 aromatic rings. The highest BCUT2D eigenvalue weighted by molar-refractivity contribution is 5.33. The number of alkyl halides is 3. The van der Waals surface area contributed by atoms with Gasteiger partial charge in [0.05, 0.1) is 5.56 Å². The van der Waals surface area contributed by atoms with Crippen LogP contribution < -0.4 is 5.32 Å². The predicted octanol–water partition coefficient (Wildman–Crippen LogP) is 3.99. The zero-order valence-corrected chi connectivity index (χ0v) is 11.7. The number of hydrogen-bond donors (Lipinski definition) is 1. The molecule has 0 aliphatic rings. The summed E-state index contributed by atoms with van der Waals surface area (Å²) in [4.78, 5) is 4.01. The molecule has 1 heterocycles. The first kappa shape index (κ1) is 15.5. The van der Waals surface area contributed by atoms with Gasteiger partial charge in [-0.1, -0.05) is 31.2 Å². The van der Waals surface area contributed by atoms with E-state index in [0.717, 1.165) is 11.6 Å². The van der Waals surface area contributed by atoms with Crippen molar-refractivity contribution < 1.29 is 13.2 Å². The van der Waals surface area contributed by atoms with Crippen molar-refractivity contribution in [2.75, 3.05) is 6.54 Å². The summed E-state index contributed by atoms with van der Waals surface area (Å²) in [5.41, 5.74) is 0.593. The molecule has 1 unspecified atom stereocenters. The first-order valence-electron chi connectivity index (χ1n) is 6.80. The molecule has 0 bridgehead atoms. The summed E-state index contributed by atoms with van der Waals surface area (Å²) in [5, 5.41) is 3.13. The Kier molecular flexibility index (Phi) is 4.96. The maximum atomic E-state index is 13.1. The SMILES string of the molecule is CCNC(Cc1cccnc1)c1ccccc1C(F)(F)F. The average molecular weight is 294 g/mol. The molecule has 1 N–H and O–H groups in total. The van der Waals surface area contributed by atoms with Crippen molar-refractivity contribution >= 4 is 0 Å². The van der Waals surface area contributed by atoms with Gasteiger partial charge in [-0.15, -0.1) is 0 Å². The lowest BCUT2D eigenvalue weighted by Gasteiger charge is -2.22. The van der Waals surface area contributed by atoms with E-state index < -0.39 is 17.8 Å². The van der Waals surface area contributed by atoms with Crippen molar-refractivity contribution in [1.29, 1.82) is 0 Å². The Morgan fingerprint density at radius 2 is 1.90 bits per heavy atom. The molecule has 0 aliphatic carbocycles. The Balaban J connectivity index is 2.35. The van der Waals surface area contributed by atoms with Crippen LogP contribution in [0.5, 0.6) is 0 Å². The molecule has 0 spiro atoms. The quantitative estimate of drug-likeness (QED) is 0.901. The molecule has 1 aromatic heterocycles. The minimum atomic E-state index is -4.35. The monoisotopic (exact) mass is 294 g/mol. The molecule has 0 amide bonds. The molecule has 5 heteroatoms. The zero-order valence-electron chi connectivity index (χ0n) is 11.7. The van der Waals surface area contributed by atoms with Crippen molar-refractivity contribution in [1.82, 2.24) is 10.3 Å². The van der Waals surface area contributed by atoms with Gasteiger partial charge in [-0.3, -0.25) is 4.98 Å². The second-order valence-corrected chi connectivity index (χ2v) is 4.76. The zero-order chi connectivity index (χ0) is 15.3. The van der Waals surface area contributed by atoms with Gasteiger partial charge >= 0.3 is 6.18 Å². The number of nitrogens with one attached hydrogen (secondary N) is 1. The van der Waals surface area contributed by atoms with E-state index in [2.05, 4.69) is 10.3 Å². The Morgan fingerprint density at radius 3 is 2.52 bits per heavy atom. The van der Waals surface area contributed by atoms with Gasteiger partial charge < -0.3 is 5.32 Å². The highest BCUT2D eigenvalue weighted by Gasteiger charge is 2.34. The van der Waals surface area contributed by atoms with Gasteiger partial charge in [-0.05, 0) is 36.2 Å². The van der Waals surface area contributed by atoms with Crippen LogP contribution in [0.25, 0.3) is 0 Å². The fourth-order valence-corrected chi connectivity index (χ4v) is 2.35. The third-order valence-electron chi connectivity index (χ3n) is 3.25. The second-order valence-electron chi connectivity index (χ2n) is 4.76. The minimum absolute atomic E-state index is 0.274. The molecule has 0 saturated carbocycles. The maximum Gasteiger partial charge on any atom is 0.416 e. The molecular weight excluding hydrogens is 277 g/mol. The molecule has 1 aromatic carbocycles. The first-order valence-corrected chi connectivity index (χ1v) is 6.80. The van der Waals surface area contributed by atoms with Crippen molar-refractivity contribution in [3.8, 4) is 0 Å². The normalized spacial score (nSPS) is 13.1. The molecule has 2 nitrogen and oxygen atoms in total. The Bertz CT molecular complexity index is 567. The number of benzene rings is 1. The van der Waals surface area contributed by atoms with Crippen LogP contribution in [0.3, 0.4) is 0 Å². The van der Waals surface area contributed by atoms with E-state index >= 15 is 0 Å². The van der Waals surface area contributed by atoms with Crippen molar-refractivity contribution in [3.05, 3.63) is 65.5 Å². The van der Waals surface area contributed by atoms with Crippen LogP contribution in [0.2, 0.25) is 0 Å². The van der Waals surface area contributed by atoms with Gasteiger partial charge in [0.15, 0.2) is 0 Å². The first-order chi connectivity index (χ1) is 10.0. The number of nitrogens with zero attached hydrogens (tertiary/aromatic N) is 1. The summed E-state index contributed by atoms with van der Waals surface area (Å²) in [6, 6.07) is 8.98. The predicted molar refractivity (Wildman–Crippen MR) is 75.8 cm³/mol. The van der Waals surface area contributed by atoms with Gasteiger partial charge in [0, 0.05) is 18.4 Å². The third kappa shape index (κ3) is 4.04. The van der Waals surface area contributed by atoms with Crippen LogP contribution in [0, 0.1) is 0 Å². The third-order valence-corrected chi connectivity index (χ3v) is 3.25. The van der Waals surface area contributed by atoms with E-state index in [1.54, 1.807) is 24.5 Å². The lowest BCUT2D eigenvalue weighted by Crippen LogP contribution is -2.25. The van der Waals surface area contributed by atoms with E-state index in [9.17, 15) is 13.2 Å². The van der Waals surface area contributed by atoms with Gasteiger partial charge in [0.25, 0.3) is 0 Å². The maximum absolute atomic E-state index is 13.1. The van der Waals surface area contributed by atoms with E-state index in [-0.39, 0.29) is 5.56 Å². The molecular formula is C16H17F3N2. The molecule has 112 valence electrons. The molecule has 0 fully saturated rings. The van der Waals surface area contributed by atoms with Gasteiger partial charge in [-0.2, -0.15) is 13.2 Å². The number of rotatable bonds is 5. The van der Waals surface area contributed by atoms with E-state index in [0.29, 0.717) is 13.0 Å². The minimum Gasteiger partial charge on any atom is -0.310 e. The lowest BCUT2D eigenvalue weighted by atomic mass is 9.95. The molecule has 0 aliphatic heterocycles. The van der Waals surface area contributed by atoms with Gasteiger partial charge in [0.2, 0.25) is 0 Å². The lowest BCUT2D eigenvalue weighted by molar-refractivity contribution is -0.138. The second kappa shape index (κ2) is 6.72. The molecule has 1 atom stereocenters. The smallest absolute Gasteiger partial charge is 0.310 e. The fraction of sp³-hybridized carbons (Fsp3) is 0.312. The Hall–Kier alpha value is -1.88. The highest BCUT2D eigenvalue weighted by Crippen LogP contribution is 2.35. The number of likely N-dealkylation sites (N-methyl/N-ethyl adjacent to an activating group) is 1. The summed E-state index contributed by atoms with van der Waals surface area (Å²) < 4.78 is 39.4. The summed E-state index contributed by atoms with van der Waals surface area (Å²) in [6.45, 7) is 2.48. The summed E-state index contributed by atoms with van der Waals surface area (Å²) in [7, 11) is 0. The van der Waals surface area contributed by atoms with Crippen LogP contribution in [-0.4, -0.2) is 11.5 Å². The van der Waals surface area contributed by atoms with Gasteiger partial charge in [0.1, 0.15) is 0 Å². The van der Waals surface area contributed by atoms with Crippen molar-refractivity contribution in [2.24, 2.45) is 0 Å². The number of halogens is 3. The fourth-order valence-electron chi connectivity index (χ4n) is 2.35. The van der Waals surface area contributed by atoms with Crippen molar-refractivity contribution in [2.45, 2.75) is 25.6 Å².